The van der Waals surface area contributed by atoms with E-state index in [1.807, 2.05) is 45.0 Å². The van der Waals surface area contributed by atoms with Crippen LogP contribution in [0.5, 0.6) is 17.2 Å². The minimum atomic E-state index is -0.947. The molecule has 0 aliphatic heterocycles. The molecule has 0 fully saturated rings. The highest BCUT2D eigenvalue weighted by Crippen LogP contribution is 2.34. The Bertz CT molecular complexity index is 1340. The van der Waals surface area contributed by atoms with Crippen LogP contribution < -0.4 is 30.3 Å². The second-order valence-corrected chi connectivity index (χ2v) is 9.21. The van der Waals surface area contributed by atoms with Gasteiger partial charge in [0, 0.05) is 5.69 Å². The van der Waals surface area contributed by atoms with Crippen molar-refractivity contribution in [3.8, 4) is 17.2 Å². The van der Waals surface area contributed by atoms with Gasteiger partial charge in [-0.05, 0) is 85.3 Å². The summed E-state index contributed by atoms with van der Waals surface area (Å²) in [6.45, 7) is 6.17. The first kappa shape index (κ1) is 29.4. The van der Waals surface area contributed by atoms with Crippen LogP contribution >= 0.6 is 22.6 Å². The van der Waals surface area contributed by atoms with E-state index in [0.29, 0.717) is 51.0 Å². The Labute approximate surface area is 240 Å². The number of carbonyl (C=O) groups is 3. The maximum Gasteiger partial charge on any atom is 0.329 e. The number of hydrogen-bond acceptors (Lipinski definition) is 7. The van der Waals surface area contributed by atoms with E-state index < -0.39 is 11.8 Å². The molecule has 3 N–H and O–H groups in total. The molecular formula is C28H29IN4O6. The highest BCUT2D eigenvalue weighted by molar-refractivity contribution is 14.1. The van der Waals surface area contributed by atoms with Crippen LogP contribution in [0.1, 0.15) is 25.0 Å². The van der Waals surface area contributed by atoms with E-state index in [-0.39, 0.29) is 12.5 Å². The lowest BCUT2D eigenvalue weighted by Crippen LogP contribution is -2.32. The van der Waals surface area contributed by atoms with E-state index >= 15 is 0 Å². The molecule has 10 nitrogen and oxygen atoms in total. The predicted octanol–water partition coefficient (Wildman–Crippen LogP) is 4.50. The minimum Gasteiger partial charge on any atom is -0.492 e. The van der Waals surface area contributed by atoms with Crippen molar-refractivity contribution in [2.75, 3.05) is 30.5 Å². The standard InChI is InChI=1S/C28H29IN4O6/c1-4-37-23-9-7-6-8-22(23)32-27(35)28(36)33-30-16-19-14-21(29)26(24(15-19)38-5-2)39-17-25(34)31-20-12-10-18(3)11-13-20/h6-16H,4-5,17H2,1-3H3,(H,31,34)(H,32,35)(H,33,36)/b30-16-. The van der Waals surface area contributed by atoms with E-state index in [1.165, 1.54) is 6.21 Å². The number of ether oxygens (including phenoxy) is 3. The molecule has 0 heterocycles. The molecule has 3 aromatic carbocycles. The Morgan fingerprint density at radius 2 is 1.56 bits per heavy atom. The molecule has 0 spiro atoms. The number of rotatable bonds is 11. The molecule has 204 valence electrons. The van der Waals surface area contributed by atoms with Crippen molar-refractivity contribution in [1.82, 2.24) is 5.43 Å². The summed E-state index contributed by atoms with van der Waals surface area (Å²) in [4.78, 5) is 36.9. The molecule has 0 aliphatic carbocycles. The smallest absolute Gasteiger partial charge is 0.329 e. The molecule has 3 amide bonds. The van der Waals surface area contributed by atoms with Gasteiger partial charge in [-0.25, -0.2) is 5.43 Å². The van der Waals surface area contributed by atoms with E-state index in [4.69, 9.17) is 14.2 Å². The Hall–Kier alpha value is -4.13. The maximum absolute atomic E-state index is 12.4. The number of amides is 3. The van der Waals surface area contributed by atoms with Gasteiger partial charge in [0.25, 0.3) is 5.91 Å². The summed E-state index contributed by atoms with van der Waals surface area (Å²) < 4.78 is 17.6. The summed E-state index contributed by atoms with van der Waals surface area (Å²) in [7, 11) is 0. The first-order valence-corrected chi connectivity index (χ1v) is 13.2. The van der Waals surface area contributed by atoms with E-state index in [0.717, 1.165) is 5.56 Å². The number of carbonyl (C=O) groups excluding carboxylic acids is 3. The van der Waals surface area contributed by atoms with Gasteiger partial charge in [0.2, 0.25) is 0 Å². The van der Waals surface area contributed by atoms with Crippen LogP contribution in [0.3, 0.4) is 0 Å². The zero-order chi connectivity index (χ0) is 28.2. The maximum atomic E-state index is 12.4. The molecule has 0 saturated carbocycles. The third kappa shape index (κ3) is 8.99. The highest BCUT2D eigenvalue weighted by Gasteiger charge is 2.16. The molecular weight excluding hydrogens is 615 g/mol. The first-order chi connectivity index (χ1) is 18.8. The molecule has 0 unspecified atom stereocenters. The lowest BCUT2D eigenvalue weighted by molar-refractivity contribution is -0.136. The third-order valence-electron chi connectivity index (χ3n) is 5.04. The van der Waals surface area contributed by atoms with E-state index in [1.54, 1.807) is 36.4 Å². The van der Waals surface area contributed by atoms with Gasteiger partial charge >= 0.3 is 11.8 Å². The second kappa shape index (κ2) is 14.7. The summed E-state index contributed by atoms with van der Waals surface area (Å²) in [6.07, 6.45) is 1.37. The van der Waals surface area contributed by atoms with Gasteiger partial charge < -0.3 is 24.8 Å². The lowest BCUT2D eigenvalue weighted by atomic mass is 10.2. The van der Waals surface area contributed by atoms with Gasteiger partial charge in [-0.1, -0.05) is 29.8 Å². The predicted molar refractivity (Wildman–Crippen MR) is 158 cm³/mol. The first-order valence-electron chi connectivity index (χ1n) is 12.1. The number of hydrazone groups is 1. The SMILES string of the molecule is CCOc1ccccc1NC(=O)C(=O)N/N=C\c1cc(I)c(OCC(=O)Nc2ccc(C)cc2)c(OCC)c1. The topological polar surface area (TPSA) is 127 Å². The zero-order valence-corrected chi connectivity index (χ0v) is 23.9. The molecule has 11 heteroatoms. The number of hydrogen-bond donors (Lipinski definition) is 3. The Kier molecular flexibility index (Phi) is 11.1. The van der Waals surface area contributed by atoms with Crippen LogP contribution in [-0.2, 0) is 14.4 Å². The molecule has 0 radical (unpaired) electrons. The normalized spacial score (nSPS) is 10.6. The minimum absolute atomic E-state index is 0.213. The van der Waals surface area contributed by atoms with Crippen molar-refractivity contribution >= 4 is 57.9 Å². The summed E-state index contributed by atoms with van der Waals surface area (Å²) in [6, 6.07) is 17.7. The monoisotopic (exact) mass is 644 g/mol. The molecule has 0 aromatic heterocycles. The molecule has 0 bridgehead atoms. The Balaban J connectivity index is 1.61. The van der Waals surface area contributed by atoms with Crippen molar-refractivity contribution in [1.29, 1.82) is 0 Å². The molecule has 0 saturated heterocycles. The fraction of sp³-hybridized carbons (Fsp3) is 0.214. The zero-order valence-electron chi connectivity index (χ0n) is 21.7. The highest BCUT2D eigenvalue weighted by atomic mass is 127. The number of aryl methyl sites for hydroxylation is 1. The average molecular weight is 644 g/mol. The largest absolute Gasteiger partial charge is 0.492 e. The summed E-state index contributed by atoms with van der Waals surface area (Å²) in [5, 5.41) is 9.17. The van der Waals surface area contributed by atoms with Gasteiger partial charge in [0.05, 0.1) is 28.7 Å². The van der Waals surface area contributed by atoms with E-state index in [2.05, 4.69) is 43.8 Å². The van der Waals surface area contributed by atoms with Crippen LogP contribution in [0.4, 0.5) is 11.4 Å². The van der Waals surface area contributed by atoms with Crippen molar-refractivity contribution in [3.05, 3.63) is 75.4 Å². The average Bonchev–Trinajstić information content (AvgIpc) is 2.91. The molecule has 0 aliphatic rings. The second-order valence-electron chi connectivity index (χ2n) is 8.05. The van der Waals surface area contributed by atoms with E-state index in [9.17, 15) is 14.4 Å². The number of benzene rings is 3. The van der Waals surface area contributed by atoms with Gasteiger partial charge in [-0.2, -0.15) is 5.10 Å². The van der Waals surface area contributed by atoms with Crippen LogP contribution in [0.2, 0.25) is 0 Å². The number of anilines is 2. The van der Waals surface area contributed by atoms with Crippen LogP contribution in [-0.4, -0.2) is 43.8 Å². The van der Waals surface area contributed by atoms with Gasteiger partial charge in [0.1, 0.15) is 5.75 Å². The summed E-state index contributed by atoms with van der Waals surface area (Å²) >= 11 is 2.06. The quantitative estimate of drug-likeness (QED) is 0.122. The summed E-state index contributed by atoms with van der Waals surface area (Å²) in [5.74, 6) is -0.880. The summed E-state index contributed by atoms with van der Waals surface area (Å²) in [5.41, 5.74) is 4.94. The lowest BCUT2D eigenvalue weighted by Gasteiger charge is -2.14. The van der Waals surface area contributed by atoms with Crippen LogP contribution in [0.25, 0.3) is 0 Å². The van der Waals surface area contributed by atoms with Gasteiger partial charge in [-0.15, -0.1) is 0 Å². The number of nitrogens with one attached hydrogen (secondary N) is 3. The molecule has 3 rings (SSSR count). The van der Waals surface area contributed by atoms with Crippen molar-refractivity contribution < 1.29 is 28.6 Å². The molecule has 3 aromatic rings. The molecule has 39 heavy (non-hydrogen) atoms. The van der Waals surface area contributed by atoms with Crippen molar-refractivity contribution in [2.24, 2.45) is 5.10 Å². The van der Waals surface area contributed by atoms with Crippen LogP contribution in [0.15, 0.2) is 65.8 Å². The number of halogens is 1. The van der Waals surface area contributed by atoms with Gasteiger partial charge in [0.15, 0.2) is 18.1 Å². The number of nitrogens with zero attached hydrogens (tertiary/aromatic N) is 1. The fourth-order valence-electron chi connectivity index (χ4n) is 3.28. The van der Waals surface area contributed by atoms with Crippen molar-refractivity contribution in [3.63, 3.8) is 0 Å². The van der Waals surface area contributed by atoms with Gasteiger partial charge in [-0.3, -0.25) is 14.4 Å². The Morgan fingerprint density at radius 3 is 2.28 bits per heavy atom. The Morgan fingerprint density at radius 1 is 0.872 bits per heavy atom. The van der Waals surface area contributed by atoms with Crippen LogP contribution in [0, 0.1) is 10.5 Å². The number of para-hydroxylation sites is 2. The third-order valence-corrected chi connectivity index (χ3v) is 5.84. The molecule has 0 atom stereocenters. The fourth-order valence-corrected chi connectivity index (χ4v) is 4.06. The van der Waals surface area contributed by atoms with Crippen molar-refractivity contribution in [2.45, 2.75) is 20.8 Å².